The molecule has 1 N–H and O–H groups in total. The second-order valence-electron chi connectivity index (χ2n) is 6.08. The average Bonchev–Trinajstić information content (AvgIpc) is 2.95. The summed E-state index contributed by atoms with van der Waals surface area (Å²) in [4.78, 5) is 12.0. The van der Waals surface area contributed by atoms with E-state index < -0.39 is 21.5 Å². The van der Waals surface area contributed by atoms with Gasteiger partial charge in [-0.3, -0.25) is 4.79 Å². The highest BCUT2D eigenvalue weighted by atomic mass is 79.9. The molecule has 2 aromatic rings. The average molecular weight is 427 g/mol. The summed E-state index contributed by atoms with van der Waals surface area (Å²) in [6, 6.07) is 7.48. The molecule has 0 spiro atoms. The number of nitrogens with zero attached hydrogens (tertiary/aromatic N) is 3. The van der Waals surface area contributed by atoms with Crippen molar-refractivity contribution in [1.82, 2.24) is 20.1 Å². The Morgan fingerprint density at radius 2 is 2.12 bits per heavy atom. The van der Waals surface area contributed by atoms with Crippen molar-refractivity contribution in [1.29, 1.82) is 0 Å². The van der Waals surface area contributed by atoms with Gasteiger partial charge in [0.2, 0.25) is 5.91 Å². The van der Waals surface area contributed by atoms with Crippen LogP contribution >= 0.6 is 15.9 Å². The third kappa shape index (κ3) is 4.88. The molecular formula is C16H19BrN4O3S. The molecule has 1 aromatic carbocycles. The lowest BCUT2D eigenvalue weighted by molar-refractivity contribution is -0.118. The Morgan fingerprint density at radius 1 is 1.28 bits per heavy atom. The fraction of sp³-hybridized carbons (Fsp3) is 0.438. The van der Waals surface area contributed by atoms with Crippen LogP contribution in [-0.2, 0) is 39.9 Å². The minimum atomic E-state index is -3.59. The van der Waals surface area contributed by atoms with E-state index in [1.807, 2.05) is 28.8 Å². The van der Waals surface area contributed by atoms with Gasteiger partial charge in [-0.15, -0.1) is 10.2 Å². The largest absolute Gasteiger partial charge is 0.351 e. The Kier molecular flexibility index (Phi) is 5.53. The van der Waals surface area contributed by atoms with Crippen molar-refractivity contribution < 1.29 is 13.2 Å². The Balaban J connectivity index is 1.57. The number of hydrogen-bond donors (Lipinski definition) is 1. The van der Waals surface area contributed by atoms with E-state index in [9.17, 15) is 13.2 Å². The minimum Gasteiger partial charge on any atom is -0.351 e. The van der Waals surface area contributed by atoms with Crippen LogP contribution in [0.3, 0.4) is 0 Å². The van der Waals surface area contributed by atoms with E-state index in [2.05, 4.69) is 31.4 Å². The maximum absolute atomic E-state index is 12.3. The second-order valence-corrected chi connectivity index (χ2v) is 9.06. The van der Waals surface area contributed by atoms with Crippen LogP contribution in [0.1, 0.15) is 30.1 Å². The summed E-state index contributed by atoms with van der Waals surface area (Å²) in [5, 5.41) is 10.7. The summed E-state index contributed by atoms with van der Waals surface area (Å²) in [6.07, 6.45) is 2.86. The monoisotopic (exact) mass is 426 g/mol. The van der Waals surface area contributed by atoms with Gasteiger partial charge in [-0.25, -0.2) is 8.42 Å². The van der Waals surface area contributed by atoms with Crippen LogP contribution in [0, 0.1) is 0 Å². The molecule has 134 valence electrons. The number of benzene rings is 1. The zero-order valence-electron chi connectivity index (χ0n) is 13.6. The summed E-state index contributed by atoms with van der Waals surface area (Å²) in [7, 11) is -3.59. The summed E-state index contributed by atoms with van der Waals surface area (Å²) >= 11 is 3.36. The standard InChI is InChI=1S/C16H19BrN4O3S/c17-13-5-3-4-12(8-13)9-18-16(22)11-25(23,24)10-15-20-19-14-6-1-2-7-21(14)15/h3-5,8H,1-2,6-7,9-11H2,(H,18,22). The molecule has 25 heavy (non-hydrogen) atoms. The number of aromatic nitrogens is 3. The summed E-state index contributed by atoms with van der Waals surface area (Å²) in [5.74, 6) is -0.0727. The second kappa shape index (κ2) is 7.65. The number of sulfone groups is 1. The van der Waals surface area contributed by atoms with Gasteiger partial charge < -0.3 is 9.88 Å². The van der Waals surface area contributed by atoms with Crippen LogP contribution in [0.2, 0.25) is 0 Å². The van der Waals surface area contributed by atoms with Crippen LogP contribution in [0.25, 0.3) is 0 Å². The molecule has 3 rings (SSSR count). The molecule has 1 aromatic heterocycles. The zero-order valence-corrected chi connectivity index (χ0v) is 16.0. The van der Waals surface area contributed by atoms with Gasteiger partial charge in [-0.1, -0.05) is 28.1 Å². The number of nitrogens with one attached hydrogen (secondary N) is 1. The van der Waals surface area contributed by atoms with Crippen LogP contribution in [-0.4, -0.2) is 34.8 Å². The molecule has 0 fully saturated rings. The molecule has 0 saturated heterocycles. The summed E-state index contributed by atoms with van der Waals surface area (Å²) < 4.78 is 27.4. The Bertz CT molecular complexity index is 879. The molecule has 0 saturated carbocycles. The van der Waals surface area contributed by atoms with Crippen molar-refractivity contribution in [3.8, 4) is 0 Å². The van der Waals surface area contributed by atoms with Gasteiger partial charge in [0.15, 0.2) is 9.84 Å². The maximum Gasteiger partial charge on any atom is 0.235 e. The first kappa shape index (κ1) is 18.1. The SMILES string of the molecule is O=C(CS(=O)(=O)Cc1nnc2n1CCCC2)NCc1cccc(Br)c1. The van der Waals surface area contributed by atoms with Gasteiger partial charge >= 0.3 is 0 Å². The van der Waals surface area contributed by atoms with E-state index in [4.69, 9.17) is 0 Å². The van der Waals surface area contributed by atoms with E-state index in [-0.39, 0.29) is 12.3 Å². The summed E-state index contributed by atoms with van der Waals surface area (Å²) in [5.41, 5.74) is 0.895. The quantitative estimate of drug-likeness (QED) is 0.756. The minimum absolute atomic E-state index is 0.260. The molecule has 7 nitrogen and oxygen atoms in total. The van der Waals surface area contributed by atoms with Gasteiger partial charge in [0.25, 0.3) is 0 Å². The van der Waals surface area contributed by atoms with Crippen molar-refractivity contribution in [2.24, 2.45) is 0 Å². The third-order valence-corrected chi connectivity index (χ3v) is 5.91. The number of amides is 1. The molecule has 1 aliphatic heterocycles. The molecule has 0 radical (unpaired) electrons. The predicted octanol–water partition coefficient (Wildman–Crippen LogP) is 1.61. The van der Waals surface area contributed by atoms with Gasteiger partial charge in [0.1, 0.15) is 23.2 Å². The third-order valence-electron chi connectivity index (χ3n) is 4.01. The molecule has 0 aliphatic carbocycles. The number of rotatable bonds is 6. The number of halogens is 1. The molecular weight excluding hydrogens is 408 g/mol. The maximum atomic E-state index is 12.3. The fourth-order valence-electron chi connectivity index (χ4n) is 2.82. The first-order valence-electron chi connectivity index (χ1n) is 8.05. The molecule has 0 bridgehead atoms. The molecule has 9 heteroatoms. The summed E-state index contributed by atoms with van der Waals surface area (Å²) in [6.45, 7) is 1.02. The van der Waals surface area contributed by atoms with E-state index in [1.165, 1.54) is 0 Å². The number of carbonyl (C=O) groups is 1. The molecule has 0 unspecified atom stereocenters. The molecule has 2 heterocycles. The van der Waals surface area contributed by atoms with Crippen molar-refractivity contribution >= 4 is 31.7 Å². The number of hydrogen-bond acceptors (Lipinski definition) is 5. The molecule has 0 atom stereocenters. The predicted molar refractivity (Wildman–Crippen MR) is 96.4 cm³/mol. The lowest BCUT2D eigenvalue weighted by Crippen LogP contribution is -2.31. The topological polar surface area (TPSA) is 93.9 Å². The van der Waals surface area contributed by atoms with E-state index in [1.54, 1.807) is 0 Å². The Hall–Kier alpha value is -1.74. The first-order chi connectivity index (χ1) is 11.9. The zero-order chi connectivity index (χ0) is 17.9. The number of carbonyl (C=O) groups excluding carboxylic acids is 1. The number of aryl methyl sites for hydroxylation is 1. The fourth-order valence-corrected chi connectivity index (χ4v) is 4.48. The Labute approximate surface area is 154 Å². The normalized spacial score (nSPS) is 14.1. The smallest absolute Gasteiger partial charge is 0.235 e. The number of fused-ring (bicyclic) bond motifs is 1. The van der Waals surface area contributed by atoms with E-state index >= 15 is 0 Å². The highest BCUT2D eigenvalue weighted by Crippen LogP contribution is 2.16. The van der Waals surface area contributed by atoms with Crippen molar-refractivity contribution in [2.45, 2.75) is 38.1 Å². The lowest BCUT2D eigenvalue weighted by Gasteiger charge is -2.14. The van der Waals surface area contributed by atoms with Crippen LogP contribution in [0.5, 0.6) is 0 Å². The molecule has 1 aliphatic rings. The van der Waals surface area contributed by atoms with Gasteiger partial charge in [-0.2, -0.15) is 0 Å². The Morgan fingerprint density at radius 3 is 2.92 bits per heavy atom. The van der Waals surface area contributed by atoms with Crippen LogP contribution < -0.4 is 5.32 Å². The van der Waals surface area contributed by atoms with Gasteiger partial charge in [0.05, 0.1) is 0 Å². The lowest BCUT2D eigenvalue weighted by atomic mass is 10.2. The molecule has 1 amide bonds. The van der Waals surface area contributed by atoms with Crippen molar-refractivity contribution in [3.63, 3.8) is 0 Å². The highest BCUT2D eigenvalue weighted by molar-refractivity contribution is 9.10. The highest BCUT2D eigenvalue weighted by Gasteiger charge is 2.23. The van der Waals surface area contributed by atoms with Crippen molar-refractivity contribution in [2.75, 3.05) is 5.75 Å². The first-order valence-corrected chi connectivity index (χ1v) is 10.7. The van der Waals surface area contributed by atoms with Crippen LogP contribution in [0.15, 0.2) is 28.7 Å². The van der Waals surface area contributed by atoms with Gasteiger partial charge in [-0.05, 0) is 30.5 Å². The van der Waals surface area contributed by atoms with E-state index in [0.717, 1.165) is 41.7 Å². The van der Waals surface area contributed by atoms with Gasteiger partial charge in [0, 0.05) is 24.0 Å². The van der Waals surface area contributed by atoms with Crippen molar-refractivity contribution in [3.05, 3.63) is 46.0 Å². The van der Waals surface area contributed by atoms with Crippen LogP contribution in [0.4, 0.5) is 0 Å². The van der Waals surface area contributed by atoms with E-state index in [0.29, 0.717) is 5.82 Å².